The second kappa shape index (κ2) is 14.2. The number of carbonyl (C=O) groups excluding carboxylic acids is 2. The second-order valence-electron chi connectivity index (χ2n) is 5.40. The topological polar surface area (TPSA) is 128 Å². The number of rotatable bonds is 5. The average molecular weight is 512 g/mol. The molecular formula is C19H25N4O6Pd-. The summed E-state index contributed by atoms with van der Waals surface area (Å²) in [6.07, 6.45) is 0. The van der Waals surface area contributed by atoms with E-state index in [1.165, 1.54) is 45.5 Å². The summed E-state index contributed by atoms with van der Waals surface area (Å²) in [4.78, 5) is 42.2. The van der Waals surface area contributed by atoms with Crippen molar-refractivity contribution in [3.63, 3.8) is 0 Å². The fraction of sp³-hybridized carbons (Fsp3) is 0.211. The van der Waals surface area contributed by atoms with Gasteiger partial charge < -0.3 is 13.2 Å². The summed E-state index contributed by atoms with van der Waals surface area (Å²) in [7, 11) is 5.82. The van der Waals surface area contributed by atoms with Crippen LogP contribution in [0.3, 0.4) is 0 Å². The minimum Gasteiger partial charge on any atom is -0.399 e. The van der Waals surface area contributed by atoms with E-state index in [9.17, 15) is 19.7 Å². The van der Waals surface area contributed by atoms with E-state index in [0.717, 1.165) is 10.1 Å². The molecule has 0 atom stereocenters. The first kappa shape index (κ1) is 29.4. The molecule has 0 radical (unpaired) electrons. The molecule has 0 aliphatic heterocycles. The fourth-order valence-corrected chi connectivity index (χ4v) is 1.88. The Morgan fingerprint density at radius 3 is 1.50 bits per heavy atom. The van der Waals surface area contributed by atoms with Gasteiger partial charge in [-0.05, 0) is 36.4 Å². The van der Waals surface area contributed by atoms with Crippen molar-refractivity contribution in [3.05, 3.63) is 77.2 Å². The standard InChI is InChI=1S/C9H10N2O4.C9H12N2O2.CH3.Pd/c1-10(15-2)9(12)7-3-5-8(6-4-7)11(13)14;1-11(13-2)9(12)7-3-5-8(10)6-4-7;;/h3-6H,1-2H3;3-6H,10H2,1-2H3;1H3;/q;;-1;. The molecule has 0 bridgehead atoms. The van der Waals surface area contributed by atoms with Gasteiger partial charge in [0.15, 0.2) is 0 Å². The minimum atomic E-state index is -0.520. The van der Waals surface area contributed by atoms with Crippen LogP contribution in [0.1, 0.15) is 20.7 Å². The average Bonchev–Trinajstić information content (AvgIpc) is 2.72. The van der Waals surface area contributed by atoms with Crippen molar-refractivity contribution in [2.75, 3.05) is 34.0 Å². The molecule has 0 aliphatic carbocycles. The third-order valence-corrected chi connectivity index (χ3v) is 3.60. The third kappa shape index (κ3) is 8.67. The first-order valence-electron chi connectivity index (χ1n) is 7.95. The molecule has 2 N–H and O–H groups in total. The second-order valence-corrected chi connectivity index (χ2v) is 5.40. The zero-order valence-electron chi connectivity index (χ0n) is 17.3. The van der Waals surface area contributed by atoms with E-state index in [2.05, 4.69) is 0 Å². The van der Waals surface area contributed by atoms with Crippen molar-refractivity contribution >= 4 is 23.2 Å². The van der Waals surface area contributed by atoms with E-state index in [-0.39, 0.29) is 45.4 Å². The summed E-state index contributed by atoms with van der Waals surface area (Å²) in [5.74, 6) is -0.546. The van der Waals surface area contributed by atoms with Crippen molar-refractivity contribution in [3.8, 4) is 0 Å². The van der Waals surface area contributed by atoms with Crippen LogP contribution in [0.15, 0.2) is 48.5 Å². The molecule has 0 saturated carbocycles. The van der Waals surface area contributed by atoms with Gasteiger partial charge in [0.05, 0.1) is 19.1 Å². The third-order valence-electron chi connectivity index (χ3n) is 3.60. The minimum absolute atomic E-state index is 0. The molecule has 0 heterocycles. The molecule has 168 valence electrons. The number of amides is 2. The van der Waals surface area contributed by atoms with Crippen LogP contribution in [-0.4, -0.2) is 55.2 Å². The van der Waals surface area contributed by atoms with Gasteiger partial charge in [-0.1, -0.05) is 0 Å². The Kier molecular flexibility index (Phi) is 13.9. The Hall–Kier alpha value is -2.84. The van der Waals surface area contributed by atoms with Gasteiger partial charge >= 0.3 is 0 Å². The number of hydrogen-bond acceptors (Lipinski definition) is 7. The summed E-state index contributed by atoms with van der Waals surface area (Å²) in [5, 5.41) is 12.6. The quantitative estimate of drug-likeness (QED) is 0.215. The number of carbonyl (C=O) groups is 2. The van der Waals surface area contributed by atoms with Crippen LogP contribution in [0.4, 0.5) is 11.4 Å². The predicted molar refractivity (Wildman–Crippen MR) is 109 cm³/mol. The summed E-state index contributed by atoms with van der Waals surface area (Å²) < 4.78 is 0. The number of nitro benzene ring substituents is 1. The molecule has 2 aromatic rings. The number of nitrogens with zero attached hydrogens (tertiary/aromatic N) is 3. The molecule has 0 aromatic heterocycles. The van der Waals surface area contributed by atoms with Crippen LogP contribution in [0.5, 0.6) is 0 Å². The Labute approximate surface area is 189 Å². The molecule has 0 saturated heterocycles. The normalized spacial score (nSPS) is 9.07. The van der Waals surface area contributed by atoms with E-state index in [1.807, 2.05) is 0 Å². The van der Waals surface area contributed by atoms with Gasteiger partial charge in [0, 0.05) is 63.5 Å². The summed E-state index contributed by atoms with van der Waals surface area (Å²) >= 11 is 0. The number of benzene rings is 2. The van der Waals surface area contributed by atoms with Crippen LogP contribution >= 0.6 is 0 Å². The maximum Gasteiger partial charge on any atom is 0.277 e. The zero-order chi connectivity index (χ0) is 21.3. The molecule has 2 amide bonds. The summed E-state index contributed by atoms with van der Waals surface area (Å²) in [6.45, 7) is 0. The van der Waals surface area contributed by atoms with Gasteiger partial charge in [0.2, 0.25) is 0 Å². The van der Waals surface area contributed by atoms with E-state index in [4.69, 9.17) is 15.4 Å². The van der Waals surface area contributed by atoms with Gasteiger partial charge in [-0.25, -0.2) is 10.1 Å². The van der Waals surface area contributed by atoms with E-state index < -0.39 is 4.92 Å². The number of nitro groups is 1. The van der Waals surface area contributed by atoms with Crippen molar-refractivity contribution in [1.29, 1.82) is 0 Å². The van der Waals surface area contributed by atoms with Crippen LogP contribution in [0, 0.1) is 17.5 Å². The maximum atomic E-state index is 11.5. The van der Waals surface area contributed by atoms with E-state index in [1.54, 1.807) is 31.3 Å². The van der Waals surface area contributed by atoms with Gasteiger partial charge in [-0.15, -0.1) is 0 Å². The Morgan fingerprint density at radius 1 is 0.867 bits per heavy atom. The molecular weight excluding hydrogens is 487 g/mol. The van der Waals surface area contributed by atoms with Crippen molar-refractivity contribution in [1.82, 2.24) is 10.1 Å². The van der Waals surface area contributed by atoms with Gasteiger partial charge in [-0.3, -0.25) is 29.4 Å². The maximum absolute atomic E-state index is 11.5. The van der Waals surface area contributed by atoms with Crippen molar-refractivity contribution in [2.45, 2.75) is 0 Å². The number of hydroxylamine groups is 4. The molecule has 0 spiro atoms. The summed E-state index contributed by atoms with van der Waals surface area (Å²) in [6, 6.07) is 12.0. The van der Waals surface area contributed by atoms with E-state index in [0.29, 0.717) is 16.8 Å². The largest absolute Gasteiger partial charge is 0.399 e. The number of nitrogen functional groups attached to an aromatic ring is 1. The van der Waals surface area contributed by atoms with Gasteiger partial charge in [0.25, 0.3) is 17.5 Å². The monoisotopic (exact) mass is 511 g/mol. The molecule has 2 rings (SSSR count). The molecule has 0 fully saturated rings. The molecule has 10 nitrogen and oxygen atoms in total. The SMILES string of the molecule is CON(C)C(=O)c1ccc(N)cc1.CON(C)C(=O)c1ccc([N+](=O)[O-])cc1.[CH3-].[Pd]. The fourth-order valence-electron chi connectivity index (χ4n) is 1.88. The number of nitrogens with two attached hydrogens (primary N) is 1. The van der Waals surface area contributed by atoms with Crippen molar-refractivity contribution < 1.29 is 44.6 Å². The first-order chi connectivity index (χ1) is 13.2. The molecule has 11 heteroatoms. The Morgan fingerprint density at radius 2 is 1.20 bits per heavy atom. The van der Waals surface area contributed by atoms with Gasteiger partial charge in [-0.2, -0.15) is 0 Å². The van der Waals surface area contributed by atoms with Crippen LogP contribution < -0.4 is 5.73 Å². The number of non-ortho nitro benzene ring substituents is 1. The van der Waals surface area contributed by atoms with E-state index >= 15 is 0 Å². The van der Waals surface area contributed by atoms with Crippen molar-refractivity contribution in [2.24, 2.45) is 0 Å². The number of hydrogen-bond donors (Lipinski definition) is 1. The molecule has 30 heavy (non-hydrogen) atoms. The Balaban J connectivity index is 0. The van der Waals surface area contributed by atoms with Crippen LogP contribution in [-0.2, 0) is 30.1 Å². The van der Waals surface area contributed by atoms with Gasteiger partial charge in [0.1, 0.15) is 0 Å². The molecule has 2 aromatic carbocycles. The molecule has 0 aliphatic rings. The summed E-state index contributed by atoms with van der Waals surface area (Å²) in [5.41, 5.74) is 6.96. The zero-order valence-corrected chi connectivity index (χ0v) is 18.9. The predicted octanol–water partition coefficient (Wildman–Crippen LogP) is 2.58. The first-order valence-corrected chi connectivity index (χ1v) is 7.95. The van der Waals surface area contributed by atoms with Crippen LogP contribution in [0.25, 0.3) is 0 Å². The number of anilines is 1. The smallest absolute Gasteiger partial charge is 0.277 e. The molecule has 0 unspecified atom stereocenters. The Bertz CT molecular complexity index is 815. The van der Waals surface area contributed by atoms with Crippen LogP contribution in [0.2, 0.25) is 0 Å².